The predicted octanol–water partition coefficient (Wildman–Crippen LogP) is 1.96. The van der Waals surface area contributed by atoms with Gasteiger partial charge >= 0.3 is 0 Å². The maximum absolute atomic E-state index is 5.43. The molecule has 3 N–H and O–H groups in total. The number of nitrogens with two attached hydrogens (primary N) is 1. The second-order valence-electron chi connectivity index (χ2n) is 4.36. The van der Waals surface area contributed by atoms with Gasteiger partial charge < -0.3 is 10.2 Å². The maximum atomic E-state index is 5.43. The number of nitrogens with zero attached hydrogens (tertiary/aromatic N) is 2. The quantitative estimate of drug-likeness (QED) is 0.604. The van der Waals surface area contributed by atoms with Gasteiger partial charge in [-0.25, -0.2) is 15.8 Å². The average molecular weight is 236 g/mol. The van der Waals surface area contributed by atoms with Gasteiger partial charge in [-0.3, -0.25) is 0 Å². The molecule has 1 aliphatic carbocycles. The van der Waals surface area contributed by atoms with Crippen LogP contribution < -0.4 is 11.3 Å². The Morgan fingerprint density at radius 3 is 2.82 bits per heavy atom. The molecule has 5 nitrogen and oxygen atoms in total. The van der Waals surface area contributed by atoms with Crippen LogP contribution >= 0.6 is 0 Å². The third-order valence-corrected chi connectivity index (χ3v) is 3.15. The number of rotatable bonds is 5. The highest BCUT2D eigenvalue weighted by atomic mass is 16.5. The van der Waals surface area contributed by atoms with E-state index in [0.717, 1.165) is 5.69 Å². The van der Waals surface area contributed by atoms with Gasteiger partial charge in [-0.2, -0.15) is 0 Å². The molecule has 0 atom stereocenters. The molecule has 2 rings (SSSR count). The number of anilines is 1. The molecule has 0 aliphatic heterocycles. The molecule has 0 saturated heterocycles. The Kier molecular flexibility index (Phi) is 4.28. The van der Waals surface area contributed by atoms with E-state index < -0.39 is 0 Å². The number of hydrazine groups is 1. The van der Waals surface area contributed by atoms with E-state index in [9.17, 15) is 0 Å². The highest BCUT2D eigenvalue weighted by Crippen LogP contribution is 2.33. The fourth-order valence-corrected chi connectivity index (χ4v) is 2.28. The van der Waals surface area contributed by atoms with Gasteiger partial charge in [0.15, 0.2) is 5.82 Å². The zero-order chi connectivity index (χ0) is 12.1. The van der Waals surface area contributed by atoms with Gasteiger partial charge in [0.25, 0.3) is 0 Å². The molecule has 0 bridgehead atoms. The van der Waals surface area contributed by atoms with Crippen molar-refractivity contribution in [3.05, 3.63) is 17.6 Å². The molecule has 1 heterocycles. The number of aromatic nitrogens is 2. The summed E-state index contributed by atoms with van der Waals surface area (Å²) in [6.45, 7) is 3.08. The third-order valence-electron chi connectivity index (χ3n) is 3.15. The molecule has 1 fully saturated rings. The summed E-state index contributed by atoms with van der Waals surface area (Å²) >= 11 is 0. The summed E-state index contributed by atoms with van der Waals surface area (Å²) in [6.07, 6.45) is 5.02. The molecule has 1 aromatic rings. The molecular weight excluding hydrogens is 216 g/mol. The molecule has 94 valence electrons. The van der Waals surface area contributed by atoms with Crippen molar-refractivity contribution < 1.29 is 4.74 Å². The van der Waals surface area contributed by atoms with E-state index in [1.807, 2.05) is 13.0 Å². The Morgan fingerprint density at radius 2 is 2.18 bits per heavy atom. The van der Waals surface area contributed by atoms with Crippen LogP contribution in [0.3, 0.4) is 0 Å². The van der Waals surface area contributed by atoms with Crippen molar-refractivity contribution in [2.75, 3.05) is 12.0 Å². The van der Waals surface area contributed by atoms with Gasteiger partial charge in [-0.15, -0.1) is 0 Å². The first-order valence-electron chi connectivity index (χ1n) is 6.25. The molecule has 5 heteroatoms. The van der Waals surface area contributed by atoms with Crippen LogP contribution in [-0.4, -0.2) is 16.6 Å². The summed E-state index contributed by atoms with van der Waals surface area (Å²) in [5.74, 6) is 7.38. The van der Waals surface area contributed by atoms with Crippen molar-refractivity contribution in [2.24, 2.45) is 5.84 Å². The summed E-state index contributed by atoms with van der Waals surface area (Å²) in [4.78, 5) is 8.86. The number of ether oxygens (including phenoxy) is 1. The van der Waals surface area contributed by atoms with Crippen LogP contribution in [0.4, 0.5) is 5.82 Å². The van der Waals surface area contributed by atoms with Gasteiger partial charge in [-0.1, -0.05) is 12.8 Å². The van der Waals surface area contributed by atoms with Crippen LogP contribution in [0.15, 0.2) is 6.07 Å². The van der Waals surface area contributed by atoms with Gasteiger partial charge in [-0.05, 0) is 19.8 Å². The minimum absolute atomic E-state index is 0.450. The Hall–Kier alpha value is -1.20. The van der Waals surface area contributed by atoms with E-state index in [0.29, 0.717) is 30.8 Å². The van der Waals surface area contributed by atoms with Crippen molar-refractivity contribution in [1.29, 1.82) is 0 Å². The first kappa shape index (κ1) is 12.3. The summed E-state index contributed by atoms with van der Waals surface area (Å²) in [5.41, 5.74) is 3.70. The third kappa shape index (κ3) is 3.14. The zero-order valence-electron chi connectivity index (χ0n) is 10.3. The molecule has 0 unspecified atom stereocenters. The van der Waals surface area contributed by atoms with Crippen molar-refractivity contribution >= 4 is 5.82 Å². The number of nitrogens with one attached hydrogen (secondary N) is 1. The lowest BCUT2D eigenvalue weighted by molar-refractivity contribution is 0.128. The number of hydrogen-bond donors (Lipinski definition) is 2. The van der Waals surface area contributed by atoms with E-state index in [4.69, 9.17) is 10.6 Å². The first-order chi connectivity index (χ1) is 8.33. The van der Waals surface area contributed by atoms with E-state index in [1.54, 1.807) is 0 Å². The van der Waals surface area contributed by atoms with Gasteiger partial charge in [0.2, 0.25) is 0 Å². The first-order valence-corrected chi connectivity index (χ1v) is 6.25. The molecule has 17 heavy (non-hydrogen) atoms. The molecular formula is C12H20N4O. The van der Waals surface area contributed by atoms with Crippen molar-refractivity contribution in [3.8, 4) is 0 Å². The molecule has 0 spiro atoms. The lowest BCUT2D eigenvalue weighted by atomic mass is 10.0. The van der Waals surface area contributed by atoms with Gasteiger partial charge in [0.05, 0.1) is 0 Å². The fourth-order valence-electron chi connectivity index (χ4n) is 2.28. The SMILES string of the molecule is CCOCc1nc(NN)cc(C2CCCC2)n1. The van der Waals surface area contributed by atoms with Crippen LogP contribution in [0.2, 0.25) is 0 Å². The van der Waals surface area contributed by atoms with Crippen molar-refractivity contribution in [1.82, 2.24) is 9.97 Å². The van der Waals surface area contributed by atoms with Crippen molar-refractivity contribution in [2.45, 2.75) is 45.1 Å². The minimum Gasteiger partial charge on any atom is -0.374 e. The number of nitrogen functional groups attached to an aromatic ring is 1. The standard InChI is InChI=1S/C12H20N4O/c1-2-17-8-12-14-10(7-11(15-12)16-13)9-5-3-4-6-9/h7,9H,2-6,8,13H2,1H3,(H,14,15,16). The van der Waals surface area contributed by atoms with Crippen molar-refractivity contribution in [3.63, 3.8) is 0 Å². The van der Waals surface area contributed by atoms with E-state index >= 15 is 0 Å². The van der Waals surface area contributed by atoms with Crippen LogP contribution in [-0.2, 0) is 11.3 Å². The van der Waals surface area contributed by atoms with Crippen LogP contribution in [0, 0.1) is 0 Å². The topological polar surface area (TPSA) is 73.1 Å². The summed E-state index contributed by atoms with van der Waals surface area (Å²) < 4.78 is 5.34. The monoisotopic (exact) mass is 236 g/mol. The zero-order valence-corrected chi connectivity index (χ0v) is 10.3. The molecule has 1 aromatic heterocycles. The normalized spacial score (nSPS) is 16.4. The Bertz CT molecular complexity index is 364. The lowest BCUT2D eigenvalue weighted by Crippen LogP contribution is -2.13. The smallest absolute Gasteiger partial charge is 0.156 e. The molecule has 0 radical (unpaired) electrons. The molecule has 0 amide bonds. The lowest BCUT2D eigenvalue weighted by Gasteiger charge is -2.12. The molecule has 0 aromatic carbocycles. The fraction of sp³-hybridized carbons (Fsp3) is 0.667. The number of hydrogen-bond acceptors (Lipinski definition) is 5. The van der Waals surface area contributed by atoms with E-state index in [-0.39, 0.29) is 0 Å². The second kappa shape index (κ2) is 5.93. The van der Waals surface area contributed by atoms with E-state index in [2.05, 4.69) is 15.4 Å². The average Bonchev–Trinajstić information content (AvgIpc) is 2.89. The highest BCUT2D eigenvalue weighted by Gasteiger charge is 2.19. The summed E-state index contributed by atoms with van der Waals surface area (Å²) in [5, 5.41) is 0. The largest absolute Gasteiger partial charge is 0.374 e. The van der Waals surface area contributed by atoms with Gasteiger partial charge in [0.1, 0.15) is 12.4 Å². The molecule has 1 aliphatic rings. The Labute approximate surface area is 102 Å². The predicted molar refractivity (Wildman–Crippen MR) is 66.4 cm³/mol. The van der Waals surface area contributed by atoms with Crippen LogP contribution in [0.1, 0.15) is 50.0 Å². The van der Waals surface area contributed by atoms with Gasteiger partial charge in [0, 0.05) is 24.3 Å². The Morgan fingerprint density at radius 1 is 1.41 bits per heavy atom. The highest BCUT2D eigenvalue weighted by molar-refractivity contribution is 5.35. The Balaban J connectivity index is 2.18. The van der Waals surface area contributed by atoms with Crippen LogP contribution in [0.5, 0.6) is 0 Å². The second-order valence-corrected chi connectivity index (χ2v) is 4.36. The summed E-state index contributed by atoms with van der Waals surface area (Å²) in [7, 11) is 0. The summed E-state index contributed by atoms with van der Waals surface area (Å²) in [6, 6.07) is 1.95. The molecule has 1 saturated carbocycles. The van der Waals surface area contributed by atoms with Crippen LogP contribution in [0.25, 0.3) is 0 Å². The maximum Gasteiger partial charge on any atom is 0.156 e. The minimum atomic E-state index is 0.450. The van der Waals surface area contributed by atoms with E-state index in [1.165, 1.54) is 25.7 Å².